The number of carbonyl (C=O) groups is 2. The summed E-state index contributed by atoms with van der Waals surface area (Å²) in [5, 5.41) is 4.56. The van der Waals surface area contributed by atoms with Gasteiger partial charge in [0, 0.05) is 31.8 Å². The number of hydrogen-bond acceptors (Lipinski definition) is 2. The number of hydrogen-bond donors (Lipinski definition) is 2. The number of hydrazine groups is 1. The monoisotopic (exact) mass is 472 g/mol. The van der Waals surface area contributed by atoms with Gasteiger partial charge in [-0.3, -0.25) is 9.59 Å². The van der Waals surface area contributed by atoms with Crippen molar-refractivity contribution in [2.24, 2.45) is 0 Å². The van der Waals surface area contributed by atoms with Gasteiger partial charge in [-0.2, -0.15) is 0 Å². The molecule has 2 N–H and O–H groups in total. The lowest BCUT2D eigenvalue weighted by Crippen LogP contribution is -2.42. The predicted molar refractivity (Wildman–Crippen MR) is 122 cm³/mol. The topological polar surface area (TPSA) is 61.2 Å². The Morgan fingerprint density at radius 2 is 1.35 bits per heavy atom. The molecule has 0 bridgehead atoms. The minimum atomic E-state index is -0.826. The molecule has 0 saturated carbocycles. The molecule has 156 valence electrons. The number of nitrogens with zero attached hydrogens (tertiary/aromatic N) is 1. The van der Waals surface area contributed by atoms with Crippen molar-refractivity contribution in [3.05, 3.63) is 105 Å². The highest BCUT2D eigenvalue weighted by Crippen LogP contribution is 2.27. The molecule has 8 heteroatoms. The Morgan fingerprint density at radius 1 is 0.839 bits per heavy atom. The molecule has 2 atom stereocenters. The van der Waals surface area contributed by atoms with E-state index in [4.69, 9.17) is 34.8 Å². The van der Waals surface area contributed by atoms with E-state index in [1.54, 1.807) is 59.4 Å². The molecule has 31 heavy (non-hydrogen) atoms. The number of amides is 2. The van der Waals surface area contributed by atoms with Gasteiger partial charge >= 0.3 is 5.91 Å². The largest absolute Gasteiger partial charge is 0.334 e. The third-order valence-electron chi connectivity index (χ3n) is 4.90. The van der Waals surface area contributed by atoms with E-state index in [0.717, 1.165) is 11.1 Å². The van der Waals surface area contributed by atoms with Crippen molar-refractivity contribution in [1.29, 1.82) is 0 Å². The Kier molecular flexibility index (Phi) is 6.28. The normalized spacial score (nSPS) is 19.3. The van der Waals surface area contributed by atoms with Crippen molar-refractivity contribution in [1.82, 2.24) is 10.7 Å². The fourth-order valence-corrected chi connectivity index (χ4v) is 3.75. The van der Waals surface area contributed by atoms with E-state index >= 15 is 0 Å². The van der Waals surface area contributed by atoms with E-state index < -0.39 is 12.1 Å². The van der Waals surface area contributed by atoms with Crippen LogP contribution in [0.2, 0.25) is 15.1 Å². The van der Waals surface area contributed by atoms with Crippen molar-refractivity contribution in [2.75, 3.05) is 0 Å². The van der Waals surface area contributed by atoms with Crippen molar-refractivity contribution in [3.8, 4) is 0 Å². The molecule has 2 amide bonds. The van der Waals surface area contributed by atoms with Gasteiger partial charge in [0.05, 0.1) is 0 Å². The summed E-state index contributed by atoms with van der Waals surface area (Å²) >= 11 is 17.9. The molecule has 1 fully saturated rings. The van der Waals surface area contributed by atoms with E-state index in [2.05, 4.69) is 10.7 Å². The van der Waals surface area contributed by atoms with E-state index in [1.165, 1.54) is 0 Å². The highest BCUT2D eigenvalue weighted by Gasteiger charge is 2.47. The third-order valence-corrected chi connectivity index (χ3v) is 5.66. The number of nitrogens with one attached hydrogen (secondary N) is 2. The SMILES string of the molecule is O=C(N[C@@H]1C(=O)N/[N+](=C\c2ccc(Cl)cc2)[C@@H]1c1ccc(Cl)cc1)c1ccc(Cl)cc1. The first-order valence-corrected chi connectivity index (χ1v) is 10.6. The predicted octanol–water partition coefficient (Wildman–Crippen LogP) is 4.66. The second-order valence-electron chi connectivity index (χ2n) is 7.02. The lowest BCUT2D eigenvalue weighted by Gasteiger charge is -2.15. The highest BCUT2D eigenvalue weighted by atomic mass is 35.5. The fourth-order valence-electron chi connectivity index (χ4n) is 3.38. The summed E-state index contributed by atoms with van der Waals surface area (Å²) < 4.78 is 1.68. The maximum atomic E-state index is 12.8. The minimum Gasteiger partial charge on any atom is -0.334 e. The van der Waals surface area contributed by atoms with Crippen LogP contribution in [0.4, 0.5) is 0 Å². The summed E-state index contributed by atoms with van der Waals surface area (Å²) in [6, 6.07) is 19.5. The minimum absolute atomic E-state index is 0.326. The first-order chi connectivity index (χ1) is 14.9. The van der Waals surface area contributed by atoms with Crippen LogP contribution in [-0.2, 0) is 4.79 Å². The molecule has 3 aromatic rings. The quantitative estimate of drug-likeness (QED) is 0.541. The summed E-state index contributed by atoms with van der Waals surface area (Å²) in [5.41, 5.74) is 4.90. The summed E-state index contributed by atoms with van der Waals surface area (Å²) in [5.74, 6) is -0.698. The van der Waals surface area contributed by atoms with Crippen LogP contribution < -0.4 is 10.7 Å². The van der Waals surface area contributed by atoms with E-state index in [1.807, 2.05) is 24.3 Å². The molecule has 4 rings (SSSR count). The van der Waals surface area contributed by atoms with Crippen LogP contribution in [0, 0.1) is 0 Å². The van der Waals surface area contributed by atoms with Gasteiger partial charge in [-0.25, -0.2) is 0 Å². The second kappa shape index (κ2) is 9.10. The van der Waals surface area contributed by atoms with Crippen LogP contribution >= 0.6 is 34.8 Å². The molecule has 0 unspecified atom stereocenters. The summed E-state index contributed by atoms with van der Waals surface area (Å²) in [7, 11) is 0. The molecule has 0 aromatic heterocycles. The number of halogens is 3. The first kappa shape index (κ1) is 21.4. The Morgan fingerprint density at radius 3 is 1.94 bits per heavy atom. The van der Waals surface area contributed by atoms with Crippen LogP contribution in [0.25, 0.3) is 0 Å². The van der Waals surface area contributed by atoms with E-state index in [0.29, 0.717) is 20.6 Å². The molecule has 1 aliphatic heterocycles. The molecule has 1 aliphatic rings. The van der Waals surface area contributed by atoms with E-state index in [9.17, 15) is 9.59 Å². The summed E-state index contributed by atoms with van der Waals surface area (Å²) in [6.07, 6.45) is 1.79. The number of hydrazone groups is 1. The summed E-state index contributed by atoms with van der Waals surface area (Å²) in [4.78, 5) is 25.6. The zero-order valence-corrected chi connectivity index (χ0v) is 18.3. The van der Waals surface area contributed by atoms with Crippen LogP contribution in [0.5, 0.6) is 0 Å². The van der Waals surface area contributed by atoms with Crippen molar-refractivity contribution >= 4 is 52.8 Å². The van der Waals surface area contributed by atoms with Crippen molar-refractivity contribution in [3.63, 3.8) is 0 Å². The number of benzene rings is 3. The number of rotatable bonds is 4. The second-order valence-corrected chi connectivity index (χ2v) is 8.33. The molecular weight excluding hydrogens is 457 g/mol. The van der Waals surface area contributed by atoms with Crippen LogP contribution in [0.3, 0.4) is 0 Å². The first-order valence-electron chi connectivity index (χ1n) is 9.42. The zero-order chi connectivity index (χ0) is 22.0. The molecule has 1 heterocycles. The average molecular weight is 474 g/mol. The molecule has 1 saturated heterocycles. The molecular formula is C23H17Cl3N3O2+. The Labute approximate surface area is 194 Å². The molecule has 0 spiro atoms. The van der Waals surface area contributed by atoms with Gasteiger partial charge in [0.15, 0.2) is 6.04 Å². The molecule has 3 aromatic carbocycles. The van der Waals surface area contributed by atoms with E-state index in [-0.39, 0.29) is 11.8 Å². The van der Waals surface area contributed by atoms with Crippen LogP contribution in [-0.4, -0.2) is 28.8 Å². The Bertz CT molecular complexity index is 1140. The zero-order valence-electron chi connectivity index (χ0n) is 16.1. The maximum absolute atomic E-state index is 12.8. The number of carbonyl (C=O) groups excluding carboxylic acids is 2. The van der Waals surface area contributed by atoms with Gasteiger partial charge in [-0.05, 0) is 60.7 Å². The van der Waals surface area contributed by atoms with Crippen LogP contribution in [0.1, 0.15) is 27.5 Å². The average Bonchev–Trinajstić information content (AvgIpc) is 3.05. The van der Waals surface area contributed by atoms with Crippen molar-refractivity contribution in [2.45, 2.75) is 12.1 Å². The Hall–Kier alpha value is -2.86. The van der Waals surface area contributed by atoms with Gasteiger partial charge in [-0.15, -0.1) is 10.1 Å². The van der Waals surface area contributed by atoms with Gasteiger partial charge in [-0.1, -0.05) is 46.9 Å². The lowest BCUT2D eigenvalue weighted by molar-refractivity contribution is -0.596. The smallest absolute Gasteiger partial charge is 0.304 e. The van der Waals surface area contributed by atoms with Crippen LogP contribution in [0.15, 0.2) is 72.8 Å². The Balaban J connectivity index is 1.69. The summed E-state index contributed by atoms with van der Waals surface area (Å²) in [6.45, 7) is 0. The lowest BCUT2D eigenvalue weighted by atomic mass is 10.00. The molecule has 0 radical (unpaired) electrons. The van der Waals surface area contributed by atoms with Gasteiger partial charge < -0.3 is 5.32 Å². The standard InChI is InChI=1S/C23H16Cl3N3O2/c24-17-7-1-14(2-8-17)13-29-21(15-3-9-18(25)10-4-15)20(23(31)28-29)27-22(30)16-5-11-19(26)12-6-16/h1-13,20-21H,(H-,27,28,30,31)/p+1/b29-13-/t20-,21+/m0/s1. The van der Waals surface area contributed by atoms with Gasteiger partial charge in [0.25, 0.3) is 5.91 Å². The molecule has 0 aliphatic carbocycles. The fraction of sp³-hybridized carbons (Fsp3) is 0.0870. The maximum Gasteiger partial charge on any atom is 0.304 e. The van der Waals surface area contributed by atoms with Crippen molar-refractivity contribution < 1.29 is 14.3 Å². The molecule has 5 nitrogen and oxygen atoms in total. The van der Waals surface area contributed by atoms with Gasteiger partial charge in [0.1, 0.15) is 0 Å². The highest BCUT2D eigenvalue weighted by molar-refractivity contribution is 6.31. The van der Waals surface area contributed by atoms with Gasteiger partial charge in [0.2, 0.25) is 12.3 Å². The third kappa shape index (κ3) is 4.90.